The average Bonchev–Trinajstić information content (AvgIpc) is 3.29. The molecule has 0 bridgehead atoms. The first-order valence-electron chi connectivity index (χ1n) is 11.2. The van der Waals surface area contributed by atoms with Crippen molar-refractivity contribution in [2.75, 3.05) is 61.1 Å². The van der Waals surface area contributed by atoms with Crippen LogP contribution in [0.1, 0.15) is 31.6 Å². The van der Waals surface area contributed by atoms with Gasteiger partial charge in [-0.15, -0.1) is 0 Å². The molecule has 9 nitrogen and oxygen atoms in total. The summed E-state index contributed by atoms with van der Waals surface area (Å²) < 4.78 is 15.6. The van der Waals surface area contributed by atoms with Crippen LogP contribution in [0.4, 0.5) is 0 Å². The van der Waals surface area contributed by atoms with Crippen molar-refractivity contribution in [2.45, 2.75) is 32.1 Å². The molecule has 0 atom stereocenters. The van der Waals surface area contributed by atoms with Gasteiger partial charge in [-0.2, -0.15) is 4.98 Å². The molecule has 178 valence electrons. The molecule has 0 aliphatic rings. The van der Waals surface area contributed by atoms with Crippen molar-refractivity contribution in [1.29, 1.82) is 0 Å². The Morgan fingerprint density at radius 1 is 1.03 bits per heavy atom. The van der Waals surface area contributed by atoms with E-state index in [1.54, 1.807) is 21.3 Å². The first-order valence-corrected chi connectivity index (χ1v) is 11.2. The van der Waals surface area contributed by atoms with Gasteiger partial charge in [0.15, 0.2) is 5.96 Å². The van der Waals surface area contributed by atoms with Crippen LogP contribution in [0.3, 0.4) is 0 Å². The van der Waals surface area contributed by atoms with E-state index < -0.39 is 0 Å². The van der Waals surface area contributed by atoms with Crippen LogP contribution in [-0.2, 0) is 11.2 Å². The average molecular weight is 447 g/mol. The summed E-state index contributed by atoms with van der Waals surface area (Å²) in [6.07, 6.45) is 4.96. The molecule has 1 heterocycles. The van der Waals surface area contributed by atoms with E-state index in [-0.39, 0.29) is 0 Å². The summed E-state index contributed by atoms with van der Waals surface area (Å²) in [5, 5.41) is 10.8. The molecule has 0 spiro atoms. The highest BCUT2D eigenvalue weighted by molar-refractivity contribution is 5.79. The van der Waals surface area contributed by atoms with Gasteiger partial charge in [-0.3, -0.25) is 4.99 Å². The Labute approximate surface area is 191 Å². The van der Waals surface area contributed by atoms with Crippen molar-refractivity contribution < 1.29 is 14.0 Å². The predicted molar refractivity (Wildman–Crippen MR) is 127 cm³/mol. The van der Waals surface area contributed by atoms with E-state index in [2.05, 4.69) is 37.7 Å². The second-order valence-electron chi connectivity index (χ2n) is 7.63. The first kappa shape index (κ1) is 25.6. The van der Waals surface area contributed by atoms with Gasteiger partial charge in [0.25, 0.3) is 0 Å². The lowest BCUT2D eigenvalue weighted by Gasteiger charge is -2.18. The summed E-state index contributed by atoms with van der Waals surface area (Å²) in [7, 11) is 7.31. The molecule has 1 aromatic carbocycles. The monoisotopic (exact) mass is 446 g/mol. The number of methoxy groups -OCH3 is 2. The van der Waals surface area contributed by atoms with Crippen LogP contribution in [0, 0.1) is 0 Å². The second-order valence-corrected chi connectivity index (χ2v) is 7.63. The zero-order chi connectivity index (χ0) is 23.0. The van der Waals surface area contributed by atoms with Crippen molar-refractivity contribution in [1.82, 2.24) is 25.7 Å². The van der Waals surface area contributed by atoms with Gasteiger partial charge in [0, 0.05) is 58.9 Å². The molecule has 0 saturated carbocycles. The Bertz CT molecular complexity index is 778. The number of hydrogen-bond donors (Lipinski definition) is 2. The van der Waals surface area contributed by atoms with Gasteiger partial charge >= 0.3 is 0 Å². The minimum atomic E-state index is 0.614. The molecule has 0 amide bonds. The van der Waals surface area contributed by atoms with E-state index >= 15 is 0 Å². The van der Waals surface area contributed by atoms with Crippen molar-refractivity contribution in [2.24, 2.45) is 4.99 Å². The molecule has 2 N–H and O–H groups in total. The van der Waals surface area contributed by atoms with Gasteiger partial charge in [0.1, 0.15) is 5.75 Å². The third kappa shape index (κ3) is 9.65. The maximum absolute atomic E-state index is 5.38. The zero-order valence-corrected chi connectivity index (χ0v) is 19.9. The number of guanidine groups is 1. The largest absolute Gasteiger partial charge is 0.497 e. The van der Waals surface area contributed by atoms with Gasteiger partial charge in [-0.05, 0) is 50.6 Å². The van der Waals surface area contributed by atoms with Crippen LogP contribution in [0.15, 0.2) is 33.8 Å². The van der Waals surface area contributed by atoms with Crippen LogP contribution < -0.4 is 15.4 Å². The number of hydrogen-bond acceptors (Lipinski definition) is 7. The molecule has 1 aromatic heterocycles. The molecule has 0 aliphatic heterocycles. The summed E-state index contributed by atoms with van der Waals surface area (Å²) in [4.78, 5) is 11.1. The normalized spacial score (nSPS) is 11.7. The number of likely N-dealkylation sites (N-methyl/N-ethyl adjacent to an activating group) is 1. The fourth-order valence-corrected chi connectivity index (χ4v) is 3.17. The summed E-state index contributed by atoms with van der Waals surface area (Å²) in [5.74, 6) is 2.94. The summed E-state index contributed by atoms with van der Waals surface area (Å²) in [5.41, 5.74) is 0.921. The Kier molecular flexibility index (Phi) is 12.2. The fraction of sp³-hybridized carbons (Fsp3) is 0.609. The molecule has 0 fully saturated rings. The van der Waals surface area contributed by atoms with Gasteiger partial charge in [-0.1, -0.05) is 11.6 Å². The molecule has 2 aromatic rings. The molecule has 0 aliphatic carbocycles. The quantitative estimate of drug-likeness (QED) is 0.245. The van der Waals surface area contributed by atoms with E-state index in [0.29, 0.717) is 11.7 Å². The topological polar surface area (TPSA) is 97.0 Å². The Hall–Kier alpha value is -2.65. The van der Waals surface area contributed by atoms with E-state index in [4.69, 9.17) is 14.0 Å². The molecule has 32 heavy (non-hydrogen) atoms. The number of benzene rings is 1. The first-order chi connectivity index (χ1) is 15.7. The maximum atomic E-state index is 5.38. The minimum absolute atomic E-state index is 0.614. The van der Waals surface area contributed by atoms with Crippen LogP contribution in [0.25, 0.3) is 11.4 Å². The number of nitrogens with one attached hydrogen (secondary N) is 2. The molecule has 0 saturated heterocycles. The molecule has 0 unspecified atom stereocenters. The Morgan fingerprint density at radius 2 is 1.81 bits per heavy atom. The number of rotatable bonds is 15. The van der Waals surface area contributed by atoms with Crippen molar-refractivity contribution in [3.05, 3.63) is 30.2 Å². The Morgan fingerprint density at radius 3 is 2.53 bits per heavy atom. The van der Waals surface area contributed by atoms with E-state index in [1.165, 1.54) is 0 Å². The fourth-order valence-electron chi connectivity index (χ4n) is 3.17. The highest BCUT2D eigenvalue weighted by atomic mass is 16.5. The maximum Gasteiger partial charge on any atom is 0.226 e. The predicted octanol–water partition coefficient (Wildman–Crippen LogP) is 2.59. The van der Waals surface area contributed by atoms with Gasteiger partial charge in [0.2, 0.25) is 11.7 Å². The van der Waals surface area contributed by atoms with Gasteiger partial charge in [0.05, 0.1) is 7.11 Å². The van der Waals surface area contributed by atoms with Crippen LogP contribution in [-0.4, -0.2) is 82.1 Å². The van der Waals surface area contributed by atoms with E-state index in [0.717, 1.165) is 82.2 Å². The lowest BCUT2D eigenvalue weighted by molar-refractivity contribution is 0.180. The number of aromatic nitrogens is 2. The Balaban J connectivity index is 1.56. The van der Waals surface area contributed by atoms with Crippen molar-refractivity contribution in [3.8, 4) is 17.1 Å². The third-order valence-electron chi connectivity index (χ3n) is 5.07. The smallest absolute Gasteiger partial charge is 0.226 e. The highest BCUT2D eigenvalue weighted by Crippen LogP contribution is 2.20. The van der Waals surface area contributed by atoms with E-state index in [1.807, 2.05) is 24.3 Å². The second kappa shape index (κ2) is 15.2. The molecular weight excluding hydrogens is 408 g/mol. The van der Waals surface area contributed by atoms with E-state index in [9.17, 15) is 0 Å². The summed E-state index contributed by atoms with van der Waals surface area (Å²) in [6, 6.07) is 7.64. The SMILES string of the molecule is CN=C(NCCCCCc1nc(-c2ccc(OC)cc2)no1)NCCN(C)CCCOC. The molecule has 0 radical (unpaired) electrons. The van der Waals surface area contributed by atoms with Crippen LogP contribution in [0.5, 0.6) is 5.75 Å². The van der Waals surface area contributed by atoms with Gasteiger partial charge < -0.3 is 29.5 Å². The highest BCUT2D eigenvalue weighted by Gasteiger charge is 2.08. The lowest BCUT2D eigenvalue weighted by Crippen LogP contribution is -2.41. The van der Waals surface area contributed by atoms with Crippen molar-refractivity contribution in [3.63, 3.8) is 0 Å². The third-order valence-corrected chi connectivity index (χ3v) is 5.07. The molecule has 2 rings (SSSR count). The number of ether oxygens (including phenoxy) is 2. The van der Waals surface area contributed by atoms with Crippen LogP contribution in [0.2, 0.25) is 0 Å². The number of unbranched alkanes of at least 4 members (excludes halogenated alkanes) is 2. The standard InChI is InChI=1S/C23H38N6O3/c1-24-23(26-15-17-29(2)16-8-18-30-3)25-14-7-5-6-9-21-27-22(28-32-21)19-10-12-20(31-4)13-11-19/h10-13H,5-9,14-18H2,1-4H3,(H2,24,25,26). The number of nitrogens with zero attached hydrogens (tertiary/aromatic N) is 4. The minimum Gasteiger partial charge on any atom is -0.497 e. The molecular formula is C23H38N6O3. The molecule has 9 heteroatoms. The summed E-state index contributed by atoms with van der Waals surface area (Å²) >= 11 is 0. The number of aryl methyl sites for hydroxylation is 1. The lowest BCUT2D eigenvalue weighted by atomic mass is 10.2. The zero-order valence-electron chi connectivity index (χ0n) is 19.9. The number of aliphatic imine (C=N–C) groups is 1. The van der Waals surface area contributed by atoms with Crippen LogP contribution >= 0.6 is 0 Å². The summed E-state index contributed by atoms with van der Waals surface area (Å²) in [6.45, 7) is 4.54. The van der Waals surface area contributed by atoms with Crippen molar-refractivity contribution >= 4 is 5.96 Å². The van der Waals surface area contributed by atoms with Gasteiger partial charge in [-0.25, -0.2) is 0 Å².